The van der Waals surface area contributed by atoms with E-state index >= 15 is 0 Å². The van der Waals surface area contributed by atoms with Gasteiger partial charge in [-0.05, 0) is 49.2 Å². The third-order valence-electron chi connectivity index (χ3n) is 3.35. The molecular formula is C17H20N2O4S. The van der Waals surface area contributed by atoms with Crippen LogP contribution in [0, 0.1) is 6.92 Å². The quantitative estimate of drug-likeness (QED) is 0.745. The predicted molar refractivity (Wildman–Crippen MR) is 92.5 cm³/mol. The fourth-order valence-corrected chi connectivity index (χ4v) is 3.42. The molecule has 0 spiro atoms. The molecule has 1 amide bonds. The maximum absolute atomic E-state index is 12.4. The van der Waals surface area contributed by atoms with Crippen LogP contribution in [0.4, 0.5) is 5.69 Å². The number of phenolic OH excluding ortho intramolecular Hbond substituents is 1. The summed E-state index contributed by atoms with van der Waals surface area (Å²) in [6.07, 6.45) is 0.236. The van der Waals surface area contributed by atoms with Gasteiger partial charge in [-0.25, -0.2) is 8.42 Å². The number of hydrogen-bond donors (Lipinski definition) is 3. The zero-order valence-corrected chi connectivity index (χ0v) is 14.4. The molecule has 0 atom stereocenters. The van der Waals surface area contributed by atoms with Crippen molar-refractivity contribution in [1.82, 2.24) is 5.32 Å². The van der Waals surface area contributed by atoms with Gasteiger partial charge in [0, 0.05) is 12.2 Å². The summed E-state index contributed by atoms with van der Waals surface area (Å²) >= 11 is 0. The van der Waals surface area contributed by atoms with Crippen LogP contribution in [0.1, 0.15) is 18.1 Å². The minimum absolute atomic E-state index is 0.0875. The van der Waals surface area contributed by atoms with Gasteiger partial charge in [0.25, 0.3) is 10.0 Å². The van der Waals surface area contributed by atoms with E-state index in [1.807, 2.05) is 6.92 Å². The van der Waals surface area contributed by atoms with Crippen molar-refractivity contribution in [3.63, 3.8) is 0 Å². The second kappa shape index (κ2) is 7.35. The maximum Gasteiger partial charge on any atom is 0.265 e. The Kier molecular flexibility index (Phi) is 5.46. The fourth-order valence-electron chi connectivity index (χ4n) is 2.18. The molecule has 0 aromatic heterocycles. The van der Waals surface area contributed by atoms with Gasteiger partial charge in [0.2, 0.25) is 5.91 Å². The molecule has 7 heteroatoms. The number of sulfonamides is 1. The van der Waals surface area contributed by atoms with Crippen molar-refractivity contribution < 1.29 is 18.3 Å². The van der Waals surface area contributed by atoms with Crippen LogP contribution in [-0.2, 0) is 21.2 Å². The van der Waals surface area contributed by atoms with Crippen LogP contribution >= 0.6 is 0 Å². The lowest BCUT2D eigenvalue weighted by molar-refractivity contribution is -0.120. The van der Waals surface area contributed by atoms with Crippen molar-refractivity contribution in [1.29, 1.82) is 0 Å². The van der Waals surface area contributed by atoms with Gasteiger partial charge in [-0.15, -0.1) is 0 Å². The van der Waals surface area contributed by atoms with Gasteiger partial charge >= 0.3 is 0 Å². The number of anilines is 1. The Morgan fingerprint density at radius 3 is 2.42 bits per heavy atom. The van der Waals surface area contributed by atoms with E-state index in [0.29, 0.717) is 12.2 Å². The summed E-state index contributed by atoms with van der Waals surface area (Å²) in [5.74, 6) is -0.392. The summed E-state index contributed by atoms with van der Waals surface area (Å²) in [7, 11) is -3.89. The van der Waals surface area contributed by atoms with Gasteiger partial charge in [-0.1, -0.05) is 18.2 Å². The number of hydrogen-bond acceptors (Lipinski definition) is 4. The van der Waals surface area contributed by atoms with E-state index in [1.165, 1.54) is 12.1 Å². The first-order valence-corrected chi connectivity index (χ1v) is 8.98. The van der Waals surface area contributed by atoms with E-state index in [9.17, 15) is 18.3 Å². The molecule has 128 valence electrons. The number of carbonyl (C=O) groups excluding carboxylic acids is 1. The van der Waals surface area contributed by atoms with Gasteiger partial charge in [0.15, 0.2) is 0 Å². The molecule has 3 N–H and O–H groups in total. The molecule has 0 fully saturated rings. The van der Waals surface area contributed by atoms with E-state index in [2.05, 4.69) is 10.0 Å². The number of likely N-dealkylation sites (N-methyl/N-ethyl adjacent to an activating group) is 1. The van der Waals surface area contributed by atoms with Crippen molar-refractivity contribution in [2.45, 2.75) is 25.2 Å². The van der Waals surface area contributed by atoms with Crippen molar-refractivity contribution in [3.05, 3.63) is 53.6 Å². The summed E-state index contributed by atoms with van der Waals surface area (Å²) in [4.78, 5) is 11.4. The second-order valence-corrected chi connectivity index (χ2v) is 7.05. The Morgan fingerprint density at radius 2 is 1.79 bits per heavy atom. The first-order chi connectivity index (χ1) is 11.3. The molecule has 2 rings (SSSR count). The third kappa shape index (κ3) is 4.48. The number of carbonyl (C=O) groups is 1. The SMILES string of the molecule is CCNC(=O)Cc1ccc(NS(=O)(=O)c2cc(C)ccc2O)cc1. The van der Waals surface area contributed by atoms with Gasteiger partial charge in [0.1, 0.15) is 10.6 Å². The molecular weight excluding hydrogens is 328 g/mol. The van der Waals surface area contributed by atoms with Crippen molar-refractivity contribution >= 4 is 21.6 Å². The first kappa shape index (κ1) is 17.8. The Hall–Kier alpha value is -2.54. The summed E-state index contributed by atoms with van der Waals surface area (Å²) in [5.41, 5.74) is 1.86. The van der Waals surface area contributed by atoms with Crippen LogP contribution in [0.5, 0.6) is 5.75 Å². The van der Waals surface area contributed by atoms with Crippen molar-refractivity contribution in [2.24, 2.45) is 0 Å². The summed E-state index contributed by atoms with van der Waals surface area (Å²) in [6, 6.07) is 10.9. The Morgan fingerprint density at radius 1 is 1.12 bits per heavy atom. The number of nitrogens with one attached hydrogen (secondary N) is 2. The summed E-state index contributed by atoms with van der Waals surface area (Å²) < 4.78 is 27.2. The van der Waals surface area contributed by atoms with Crippen LogP contribution in [0.25, 0.3) is 0 Å². The highest BCUT2D eigenvalue weighted by molar-refractivity contribution is 7.92. The molecule has 0 saturated heterocycles. The molecule has 0 aliphatic heterocycles. The molecule has 6 nitrogen and oxygen atoms in total. The fraction of sp³-hybridized carbons (Fsp3) is 0.235. The molecule has 2 aromatic rings. The normalized spacial score (nSPS) is 11.1. The molecule has 0 aliphatic rings. The molecule has 0 unspecified atom stereocenters. The van der Waals surface area contributed by atoms with Crippen molar-refractivity contribution in [3.8, 4) is 5.75 Å². The molecule has 0 saturated carbocycles. The molecule has 0 radical (unpaired) electrons. The van der Waals surface area contributed by atoms with Gasteiger partial charge < -0.3 is 10.4 Å². The lowest BCUT2D eigenvalue weighted by atomic mass is 10.1. The van der Waals surface area contributed by atoms with Crippen LogP contribution in [0.15, 0.2) is 47.4 Å². The summed E-state index contributed by atoms with van der Waals surface area (Å²) in [5, 5.41) is 12.5. The second-order valence-electron chi connectivity index (χ2n) is 5.40. The number of rotatable bonds is 6. The van der Waals surface area contributed by atoms with E-state index in [-0.39, 0.29) is 23.0 Å². The molecule has 24 heavy (non-hydrogen) atoms. The van der Waals surface area contributed by atoms with E-state index < -0.39 is 10.0 Å². The highest BCUT2D eigenvalue weighted by Gasteiger charge is 2.19. The number of phenols is 1. The molecule has 0 bridgehead atoms. The zero-order chi connectivity index (χ0) is 17.7. The largest absolute Gasteiger partial charge is 0.507 e. The van der Waals surface area contributed by atoms with Crippen LogP contribution in [-0.4, -0.2) is 26.0 Å². The third-order valence-corrected chi connectivity index (χ3v) is 4.76. The monoisotopic (exact) mass is 348 g/mol. The average molecular weight is 348 g/mol. The first-order valence-electron chi connectivity index (χ1n) is 7.50. The zero-order valence-electron chi connectivity index (χ0n) is 13.5. The predicted octanol–water partition coefficient (Wildman–Crippen LogP) is 2.18. The standard InChI is InChI=1S/C17H20N2O4S/c1-3-18-17(21)11-13-5-7-14(8-6-13)19-24(22,23)16-10-12(2)4-9-15(16)20/h4-10,19-20H,3,11H2,1-2H3,(H,18,21). The van der Waals surface area contributed by atoms with E-state index in [0.717, 1.165) is 11.1 Å². The number of aryl methyl sites for hydroxylation is 1. The number of amides is 1. The summed E-state index contributed by atoms with van der Waals surface area (Å²) in [6.45, 7) is 4.15. The van der Waals surface area contributed by atoms with E-state index in [4.69, 9.17) is 0 Å². The van der Waals surface area contributed by atoms with Gasteiger partial charge in [-0.3, -0.25) is 9.52 Å². The van der Waals surface area contributed by atoms with Gasteiger partial charge in [-0.2, -0.15) is 0 Å². The highest BCUT2D eigenvalue weighted by atomic mass is 32.2. The smallest absolute Gasteiger partial charge is 0.265 e. The minimum atomic E-state index is -3.89. The maximum atomic E-state index is 12.4. The Balaban J connectivity index is 2.15. The van der Waals surface area contributed by atoms with Crippen LogP contribution in [0.3, 0.4) is 0 Å². The lowest BCUT2D eigenvalue weighted by Crippen LogP contribution is -2.24. The van der Waals surface area contributed by atoms with Crippen molar-refractivity contribution in [2.75, 3.05) is 11.3 Å². The average Bonchev–Trinajstić information content (AvgIpc) is 2.51. The highest BCUT2D eigenvalue weighted by Crippen LogP contribution is 2.25. The Bertz CT molecular complexity index is 830. The molecule has 2 aromatic carbocycles. The molecule has 0 heterocycles. The van der Waals surface area contributed by atoms with E-state index in [1.54, 1.807) is 37.3 Å². The lowest BCUT2D eigenvalue weighted by Gasteiger charge is -2.11. The number of aromatic hydroxyl groups is 1. The topological polar surface area (TPSA) is 95.5 Å². The number of benzene rings is 2. The van der Waals surface area contributed by atoms with Gasteiger partial charge in [0.05, 0.1) is 6.42 Å². The van der Waals surface area contributed by atoms with Crippen LogP contribution < -0.4 is 10.0 Å². The molecule has 0 aliphatic carbocycles. The Labute approximate surface area is 141 Å². The van der Waals surface area contributed by atoms with Crippen LogP contribution in [0.2, 0.25) is 0 Å². The minimum Gasteiger partial charge on any atom is -0.507 e.